The summed E-state index contributed by atoms with van der Waals surface area (Å²) in [6.07, 6.45) is 1.60. The molecular formula is C12H18N2O2. The van der Waals surface area contributed by atoms with E-state index in [4.69, 9.17) is 10.00 Å². The molecule has 2 fully saturated rings. The fourth-order valence-corrected chi connectivity index (χ4v) is 2.34. The van der Waals surface area contributed by atoms with Crippen LogP contribution >= 0.6 is 0 Å². The minimum absolute atomic E-state index is 0.255. The minimum atomic E-state index is -0.461. The smallest absolute Gasteiger partial charge is 0.410 e. The summed E-state index contributed by atoms with van der Waals surface area (Å²) in [6, 6.07) is 2.35. The average molecular weight is 222 g/mol. The Balaban J connectivity index is 1.97. The van der Waals surface area contributed by atoms with Gasteiger partial charge in [-0.15, -0.1) is 0 Å². The fourth-order valence-electron chi connectivity index (χ4n) is 2.34. The van der Waals surface area contributed by atoms with Crippen LogP contribution < -0.4 is 0 Å². The van der Waals surface area contributed by atoms with Crippen LogP contribution in [-0.2, 0) is 4.74 Å². The lowest BCUT2D eigenvalue weighted by Crippen LogP contribution is -2.43. The summed E-state index contributed by atoms with van der Waals surface area (Å²) in [6.45, 7) is 6.84. The van der Waals surface area contributed by atoms with E-state index in [9.17, 15) is 4.79 Å². The number of piperidine rings is 1. The predicted molar refractivity (Wildman–Crippen MR) is 58.6 cm³/mol. The van der Waals surface area contributed by atoms with Gasteiger partial charge in [0.25, 0.3) is 0 Å². The monoisotopic (exact) mass is 222 g/mol. The maximum absolute atomic E-state index is 11.8. The molecule has 1 saturated carbocycles. The molecular weight excluding hydrogens is 204 g/mol. The SMILES string of the molecule is CC(C)(C)OC(=O)N1CCC2CC2(C#N)C1. The molecule has 2 aliphatic rings. The second-order valence-electron chi connectivity index (χ2n) is 5.86. The Labute approximate surface area is 96.2 Å². The van der Waals surface area contributed by atoms with Crippen LogP contribution in [0.15, 0.2) is 0 Å². The number of ether oxygens (including phenoxy) is 1. The third-order valence-electron chi connectivity index (χ3n) is 3.33. The van der Waals surface area contributed by atoms with Gasteiger partial charge >= 0.3 is 6.09 Å². The van der Waals surface area contributed by atoms with E-state index in [1.807, 2.05) is 20.8 Å². The first-order valence-electron chi connectivity index (χ1n) is 5.75. The molecule has 88 valence electrons. The molecule has 1 aliphatic heterocycles. The van der Waals surface area contributed by atoms with E-state index in [1.54, 1.807) is 4.90 Å². The molecule has 2 atom stereocenters. The number of likely N-dealkylation sites (tertiary alicyclic amines) is 1. The van der Waals surface area contributed by atoms with Gasteiger partial charge in [-0.05, 0) is 39.5 Å². The molecule has 0 bridgehead atoms. The van der Waals surface area contributed by atoms with Crippen molar-refractivity contribution in [3.8, 4) is 6.07 Å². The minimum Gasteiger partial charge on any atom is -0.444 e. The Kier molecular flexibility index (Phi) is 2.37. The molecule has 0 N–H and O–H groups in total. The fraction of sp³-hybridized carbons (Fsp3) is 0.833. The first kappa shape index (κ1) is 11.3. The molecule has 1 aliphatic carbocycles. The number of amides is 1. The van der Waals surface area contributed by atoms with Crippen molar-refractivity contribution in [2.45, 2.75) is 39.2 Å². The predicted octanol–water partition coefficient (Wildman–Crippen LogP) is 2.16. The van der Waals surface area contributed by atoms with Gasteiger partial charge in [0.15, 0.2) is 0 Å². The second-order valence-corrected chi connectivity index (χ2v) is 5.86. The van der Waals surface area contributed by atoms with Crippen molar-refractivity contribution in [3.05, 3.63) is 0 Å². The summed E-state index contributed by atoms with van der Waals surface area (Å²) in [5.74, 6) is 0.510. The number of nitriles is 1. The Bertz CT molecular complexity index is 353. The highest BCUT2D eigenvalue weighted by molar-refractivity contribution is 5.68. The summed E-state index contributed by atoms with van der Waals surface area (Å²) in [5.41, 5.74) is -0.716. The largest absolute Gasteiger partial charge is 0.444 e. The number of rotatable bonds is 0. The second kappa shape index (κ2) is 3.38. The zero-order valence-corrected chi connectivity index (χ0v) is 10.1. The van der Waals surface area contributed by atoms with Gasteiger partial charge in [-0.25, -0.2) is 4.79 Å². The molecule has 0 spiro atoms. The highest BCUT2D eigenvalue weighted by Crippen LogP contribution is 2.56. The molecule has 0 aromatic carbocycles. The third-order valence-corrected chi connectivity index (χ3v) is 3.33. The van der Waals surface area contributed by atoms with Gasteiger partial charge in [-0.2, -0.15) is 5.26 Å². The van der Waals surface area contributed by atoms with Gasteiger partial charge < -0.3 is 9.64 Å². The zero-order chi connectivity index (χ0) is 12.0. The van der Waals surface area contributed by atoms with Gasteiger partial charge in [0.2, 0.25) is 0 Å². The lowest BCUT2D eigenvalue weighted by molar-refractivity contribution is 0.0182. The lowest BCUT2D eigenvalue weighted by Gasteiger charge is -2.31. The molecule has 4 nitrogen and oxygen atoms in total. The summed E-state index contributed by atoms with van der Waals surface area (Å²) < 4.78 is 5.31. The molecule has 0 radical (unpaired) electrons. The van der Waals surface area contributed by atoms with Crippen LogP contribution in [0.4, 0.5) is 4.79 Å². The maximum Gasteiger partial charge on any atom is 0.410 e. The first-order valence-corrected chi connectivity index (χ1v) is 5.75. The van der Waals surface area contributed by atoms with E-state index in [1.165, 1.54) is 0 Å². The van der Waals surface area contributed by atoms with E-state index in [-0.39, 0.29) is 11.5 Å². The Morgan fingerprint density at radius 1 is 1.56 bits per heavy atom. The molecule has 1 amide bonds. The van der Waals surface area contributed by atoms with Crippen molar-refractivity contribution >= 4 is 6.09 Å². The Morgan fingerprint density at radius 3 is 2.81 bits per heavy atom. The van der Waals surface area contributed by atoms with E-state index < -0.39 is 5.60 Å². The van der Waals surface area contributed by atoms with Crippen molar-refractivity contribution in [2.75, 3.05) is 13.1 Å². The van der Waals surface area contributed by atoms with Crippen LogP contribution in [0.2, 0.25) is 0 Å². The highest BCUT2D eigenvalue weighted by atomic mass is 16.6. The molecule has 1 saturated heterocycles. The van der Waals surface area contributed by atoms with Gasteiger partial charge in [0.1, 0.15) is 5.60 Å². The number of carbonyl (C=O) groups is 1. The molecule has 0 aromatic rings. The number of hydrogen-bond acceptors (Lipinski definition) is 3. The van der Waals surface area contributed by atoms with Crippen LogP contribution in [0.3, 0.4) is 0 Å². The molecule has 2 unspecified atom stereocenters. The summed E-state index contributed by atoms with van der Waals surface area (Å²) in [7, 11) is 0. The van der Waals surface area contributed by atoms with E-state index >= 15 is 0 Å². The summed E-state index contributed by atoms with van der Waals surface area (Å²) in [5, 5.41) is 9.10. The number of fused-ring (bicyclic) bond motifs is 1. The quantitative estimate of drug-likeness (QED) is 0.631. The van der Waals surface area contributed by atoms with Crippen LogP contribution in [0.25, 0.3) is 0 Å². The highest BCUT2D eigenvalue weighted by Gasteiger charge is 2.58. The topological polar surface area (TPSA) is 53.3 Å². The van der Waals surface area contributed by atoms with Gasteiger partial charge in [0.05, 0.1) is 11.5 Å². The van der Waals surface area contributed by atoms with Crippen molar-refractivity contribution in [3.63, 3.8) is 0 Å². The van der Waals surface area contributed by atoms with Crippen molar-refractivity contribution in [1.82, 2.24) is 4.90 Å². The first-order chi connectivity index (χ1) is 7.36. The standard InChI is InChI=1S/C12H18N2O2/c1-11(2,3)16-10(15)14-5-4-9-6-12(9,7-13)8-14/h9H,4-6,8H2,1-3H3. The molecule has 1 heterocycles. The molecule has 4 heteroatoms. The number of hydrogen-bond donors (Lipinski definition) is 0. The van der Waals surface area contributed by atoms with Gasteiger partial charge in [-0.3, -0.25) is 0 Å². The Morgan fingerprint density at radius 2 is 2.25 bits per heavy atom. The van der Waals surface area contributed by atoms with Crippen LogP contribution in [0.5, 0.6) is 0 Å². The van der Waals surface area contributed by atoms with Crippen LogP contribution in [-0.4, -0.2) is 29.7 Å². The molecule has 2 rings (SSSR count). The van der Waals surface area contributed by atoms with E-state index in [0.717, 1.165) is 19.4 Å². The summed E-state index contributed by atoms with van der Waals surface area (Å²) in [4.78, 5) is 13.5. The third kappa shape index (κ3) is 1.99. The van der Waals surface area contributed by atoms with Crippen molar-refractivity contribution in [1.29, 1.82) is 5.26 Å². The number of carbonyl (C=O) groups excluding carboxylic acids is 1. The number of nitrogens with zero attached hydrogens (tertiary/aromatic N) is 2. The normalized spacial score (nSPS) is 32.6. The van der Waals surface area contributed by atoms with Crippen LogP contribution in [0, 0.1) is 22.7 Å². The molecule has 16 heavy (non-hydrogen) atoms. The van der Waals surface area contributed by atoms with E-state index in [2.05, 4.69) is 6.07 Å². The van der Waals surface area contributed by atoms with Gasteiger partial charge in [-0.1, -0.05) is 0 Å². The van der Waals surface area contributed by atoms with Gasteiger partial charge in [0, 0.05) is 13.1 Å². The Hall–Kier alpha value is -1.24. The maximum atomic E-state index is 11.8. The molecule has 0 aromatic heterocycles. The summed E-state index contributed by atoms with van der Waals surface area (Å²) >= 11 is 0. The zero-order valence-electron chi connectivity index (χ0n) is 10.1. The lowest BCUT2D eigenvalue weighted by atomic mass is 9.99. The van der Waals surface area contributed by atoms with Crippen molar-refractivity contribution < 1.29 is 9.53 Å². The van der Waals surface area contributed by atoms with Crippen molar-refractivity contribution in [2.24, 2.45) is 11.3 Å². The average Bonchev–Trinajstić information content (AvgIpc) is 2.88. The van der Waals surface area contributed by atoms with Crippen LogP contribution in [0.1, 0.15) is 33.6 Å². The van der Waals surface area contributed by atoms with E-state index in [0.29, 0.717) is 12.5 Å².